The molecule has 0 radical (unpaired) electrons. The number of nitrogens with two attached hydrogens (primary N) is 1. The molecule has 1 aromatic heterocycles. The van der Waals surface area contributed by atoms with Crippen LogP contribution in [0.4, 0.5) is 5.69 Å². The zero-order chi connectivity index (χ0) is 15.1. The molecule has 3 unspecified atom stereocenters. The summed E-state index contributed by atoms with van der Waals surface area (Å²) in [6.07, 6.45) is 5.13. The summed E-state index contributed by atoms with van der Waals surface area (Å²) in [7, 11) is 0. The number of nitrogens with one attached hydrogen (secondary N) is 2. The number of para-hydroxylation sites is 1. The van der Waals surface area contributed by atoms with E-state index >= 15 is 0 Å². The number of nitrogens with zero attached hydrogens (tertiary/aromatic N) is 1. The van der Waals surface area contributed by atoms with E-state index in [2.05, 4.69) is 15.6 Å². The highest BCUT2D eigenvalue weighted by Gasteiger charge is 2.39. The lowest BCUT2D eigenvalue weighted by molar-refractivity contribution is 0.0930. The molecule has 2 bridgehead atoms. The molecule has 1 aromatic carbocycles. The van der Waals surface area contributed by atoms with E-state index in [0.717, 1.165) is 23.3 Å². The number of fused-ring (bicyclic) bond motifs is 2. The molecule has 4 rings (SSSR count). The SMILES string of the molecule is Nc1ccccc1-c1cnc(C(=O)NC2CC3CCC2N3)s1. The minimum Gasteiger partial charge on any atom is -0.398 e. The summed E-state index contributed by atoms with van der Waals surface area (Å²) in [6, 6.07) is 8.88. The Kier molecular flexibility index (Phi) is 3.35. The van der Waals surface area contributed by atoms with E-state index in [-0.39, 0.29) is 11.9 Å². The molecule has 114 valence electrons. The van der Waals surface area contributed by atoms with Gasteiger partial charge in [-0.3, -0.25) is 4.79 Å². The average Bonchev–Trinajstić information content (AvgIpc) is 3.24. The van der Waals surface area contributed by atoms with Gasteiger partial charge in [-0.25, -0.2) is 4.98 Å². The van der Waals surface area contributed by atoms with Crippen molar-refractivity contribution in [3.05, 3.63) is 35.5 Å². The smallest absolute Gasteiger partial charge is 0.280 e. The number of thiazole rings is 1. The van der Waals surface area contributed by atoms with Crippen molar-refractivity contribution < 1.29 is 4.79 Å². The lowest BCUT2D eigenvalue weighted by atomic mass is 9.95. The van der Waals surface area contributed by atoms with Gasteiger partial charge in [0.15, 0.2) is 5.01 Å². The molecule has 4 N–H and O–H groups in total. The van der Waals surface area contributed by atoms with Crippen LogP contribution < -0.4 is 16.4 Å². The third-order valence-corrected chi connectivity index (χ3v) is 5.57. The summed E-state index contributed by atoms with van der Waals surface area (Å²) >= 11 is 1.39. The van der Waals surface area contributed by atoms with Gasteiger partial charge in [0.2, 0.25) is 0 Å². The second-order valence-electron chi connectivity index (χ2n) is 5.98. The van der Waals surface area contributed by atoms with Crippen LogP contribution in [0, 0.1) is 0 Å². The van der Waals surface area contributed by atoms with Crippen LogP contribution in [0.3, 0.4) is 0 Å². The summed E-state index contributed by atoms with van der Waals surface area (Å²) < 4.78 is 0. The van der Waals surface area contributed by atoms with Crippen LogP contribution in [0.5, 0.6) is 0 Å². The van der Waals surface area contributed by atoms with Gasteiger partial charge in [-0.2, -0.15) is 0 Å². The van der Waals surface area contributed by atoms with E-state index in [0.29, 0.717) is 22.8 Å². The van der Waals surface area contributed by atoms with Crippen LogP contribution in [-0.2, 0) is 0 Å². The van der Waals surface area contributed by atoms with E-state index in [9.17, 15) is 4.79 Å². The van der Waals surface area contributed by atoms with Gasteiger partial charge in [0.05, 0.1) is 4.88 Å². The molecular weight excluding hydrogens is 296 g/mol. The number of nitrogen functional groups attached to an aromatic ring is 1. The topological polar surface area (TPSA) is 80.0 Å². The van der Waals surface area contributed by atoms with E-state index in [4.69, 9.17) is 5.73 Å². The number of carbonyl (C=O) groups is 1. The van der Waals surface area contributed by atoms with Gasteiger partial charge in [0.25, 0.3) is 5.91 Å². The lowest BCUT2D eigenvalue weighted by Crippen LogP contribution is -2.42. The molecule has 6 heteroatoms. The highest BCUT2D eigenvalue weighted by molar-refractivity contribution is 7.17. The van der Waals surface area contributed by atoms with Gasteiger partial charge in [0, 0.05) is 35.6 Å². The van der Waals surface area contributed by atoms with Gasteiger partial charge in [-0.05, 0) is 25.3 Å². The third-order valence-electron chi connectivity index (χ3n) is 4.54. The van der Waals surface area contributed by atoms with Crippen LogP contribution in [0.25, 0.3) is 10.4 Å². The van der Waals surface area contributed by atoms with Crippen molar-refractivity contribution in [2.45, 2.75) is 37.4 Å². The molecule has 22 heavy (non-hydrogen) atoms. The molecular formula is C16H18N4OS. The first-order chi connectivity index (χ1) is 10.7. The van der Waals surface area contributed by atoms with Crippen molar-refractivity contribution >= 4 is 22.9 Å². The Morgan fingerprint density at radius 1 is 1.36 bits per heavy atom. The maximum Gasteiger partial charge on any atom is 0.280 e. The van der Waals surface area contributed by atoms with Crippen molar-refractivity contribution in [1.29, 1.82) is 0 Å². The van der Waals surface area contributed by atoms with Crippen molar-refractivity contribution in [3.8, 4) is 10.4 Å². The maximum absolute atomic E-state index is 12.4. The Bertz CT molecular complexity index is 714. The number of anilines is 1. The van der Waals surface area contributed by atoms with Crippen molar-refractivity contribution in [2.75, 3.05) is 5.73 Å². The Hall–Kier alpha value is -1.92. The van der Waals surface area contributed by atoms with Gasteiger partial charge in [-0.1, -0.05) is 18.2 Å². The highest BCUT2D eigenvalue weighted by atomic mass is 32.1. The number of hydrogen-bond donors (Lipinski definition) is 3. The fourth-order valence-electron chi connectivity index (χ4n) is 3.44. The number of rotatable bonds is 3. The molecule has 0 spiro atoms. The Balaban J connectivity index is 1.49. The van der Waals surface area contributed by atoms with Crippen LogP contribution in [-0.4, -0.2) is 29.0 Å². The molecule has 2 aliphatic rings. The third kappa shape index (κ3) is 2.38. The average molecular weight is 314 g/mol. The number of carbonyl (C=O) groups excluding carboxylic acids is 1. The predicted molar refractivity (Wildman–Crippen MR) is 87.8 cm³/mol. The van der Waals surface area contributed by atoms with Crippen LogP contribution in [0.15, 0.2) is 30.5 Å². The zero-order valence-electron chi connectivity index (χ0n) is 12.1. The standard InChI is InChI=1S/C16H18N4OS/c17-11-4-2-1-3-10(11)14-8-18-16(22-14)15(21)20-13-7-9-5-6-12(13)19-9/h1-4,8-9,12-13,19H,5-7,17H2,(H,20,21). The molecule has 2 aromatic rings. The minimum atomic E-state index is -0.0786. The normalized spacial score (nSPS) is 26.3. The summed E-state index contributed by atoms with van der Waals surface area (Å²) in [5, 5.41) is 7.15. The highest BCUT2D eigenvalue weighted by Crippen LogP contribution is 2.31. The molecule has 0 saturated carbocycles. The summed E-state index contributed by atoms with van der Waals surface area (Å²) in [5.41, 5.74) is 7.62. The first-order valence-electron chi connectivity index (χ1n) is 7.58. The van der Waals surface area contributed by atoms with Crippen molar-refractivity contribution in [2.24, 2.45) is 0 Å². The van der Waals surface area contributed by atoms with Gasteiger partial charge in [0.1, 0.15) is 0 Å². The monoisotopic (exact) mass is 314 g/mol. The Morgan fingerprint density at radius 2 is 2.23 bits per heavy atom. The van der Waals surface area contributed by atoms with Crippen LogP contribution in [0.1, 0.15) is 29.1 Å². The minimum absolute atomic E-state index is 0.0786. The quantitative estimate of drug-likeness (QED) is 0.757. The summed E-state index contributed by atoms with van der Waals surface area (Å²) in [6.45, 7) is 0. The van der Waals surface area contributed by atoms with Crippen molar-refractivity contribution in [3.63, 3.8) is 0 Å². The van der Waals surface area contributed by atoms with E-state index in [1.807, 2.05) is 24.3 Å². The van der Waals surface area contributed by atoms with E-state index in [1.54, 1.807) is 6.20 Å². The number of hydrogen-bond acceptors (Lipinski definition) is 5. The predicted octanol–water partition coefficient (Wildman–Crippen LogP) is 2.02. The summed E-state index contributed by atoms with van der Waals surface area (Å²) in [4.78, 5) is 17.6. The first kappa shape index (κ1) is 13.7. The molecule has 2 aliphatic heterocycles. The summed E-state index contributed by atoms with van der Waals surface area (Å²) in [5.74, 6) is -0.0786. The number of aromatic nitrogens is 1. The lowest BCUT2D eigenvalue weighted by Gasteiger charge is -2.20. The zero-order valence-corrected chi connectivity index (χ0v) is 12.9. The van der Waals surface area contributed by atoms with Gasteiger partial charge < -0.3 is 16.4 Å². The fraction of sp³-hybridized carbons (Fsp3) is 0.375. The molecule has 2 saturated heterocycles. The Labute approximate surface area is 132 Å². The molecule has 0 aliphatic carbocycles. The van der Waals surface area contributed by atoms with Gasteiger partial charge in [-0.15, -0.1) is 11.3 Å². The molecule has 5 nitrogen and oxygen atoms in total. The van der Waals surface area contributed by atoms with Crippen LogP contribution >= 0.6 is 11.3 Å². The second kappa shape index (κ2) is 5.37. The number of amides is 1. The van der Waals surface area contributed by atoms with Gasteiger partial charge >= 0.3 is 0 Å². The van der Waals surface area contributed by atoms with E-state index < -0.39 is 0 Å². The molecule has 1 amide bonds. The Morgan fingerprint density at radius 3 is 2.95 bits per heavy atom. The molecule has 2 fully saturated rings. The largest absolute Gasteiger partial charge is 0.398 e. The maximum atomic E-state index is 12.4. The fourth-order valence-corrected chi connectivity index (χ4v) is 4.31. The number of benzene rings is 1. The molecule has 3 heterocycles. The van der Waals surface area contributed by atoms with Crippen LogP contribution in [0.2, 0.25) is 0 Å². The van der Waals surface area contributed by atoms with E-state index in [1.165, 1.54) is 17.8 Å². The second-order valence-corrected chi connectivity index (χ2v) is 7.01. The van der Waals surface area contributed by atoms with Crippen molar-refractivity contribution in [1.82, 2.24) is 15.6 Å². The first-order valence-corrected chi connectivity index (χ1v) is 8.40. The molecule has 3 atom stereocenters.